The van der Waals surface area contributed by atoms with E-state index in [1.807, 2.05) is 41.9 Å². The van der Waals surface area contributed by atoms with Crippen molar-refractivity contribution in [2.45, 2.75) is 5.16 Å². The van der Waals surface area contributed by atoms with Gasteiger partial charge in [0.15, 0.2) is 5.16 Å². The second-order valence-electron chi connectivity index (χ2n) is 6.66. The summed E-state index contributed by atoms with van der Waals surface area (Å²) in [6, 6.07) is 21.1. The van der Waals surface area contributed by atoms with Gasteiger partial charge in [0.05, 0.1) is 21.7 Å². The normalized spacial score (nSPS) is 10.7. The number of non-ortho nitro benzene ring substituents is 1. The van der Waals surface area contributed by atoms with Gasteiger partial charge < -0.3 is 14.6 Å². The summed E-state index contributed by atoms with van der Waals surface area (Å²) in [5.74, 6) is 1.39. The Hall–Kier alpha value is -3.85. The highest BCUT2D eigenvalue weighted by Gasteiger charge is 2.14. The number of hydrogen-bond acceptors (Lipinski definition) is 6. The molecule has 0 bridgehead atoms. The number of nitro groups is 1. The maximum Gasteiger partial charge on any atom is 0.271 e. The van der Waals surface area contributed by atoms with Gasteiger partial charge in [-0.25, -0.2) is 4.98 Å². The third-order valence-corrected chi connectivity index (χ3v) is 5.51. The highest BCUT2D eigenvalue weighted by atomic mass is 32.2. The molecule has 0 aliphatic rings. The number of thioether (sulfide) groups is 1. The quantitative estimate of drug-likeness (QED) is 0.249. The molecule has 4 aromatic rings. The van der Waals surface area contributed by atoms with E-state index in [2.05, 4.69) is 10.3 Å². The van der Waals surface area contributed by atoms with Gasteiger partial charge in [-0.1, -0.05) is 30.0 Å². The van der Waals surface area contributed by atoms with Crippen molar-refractivity contribution in [1.29, 1.82) is 0 Å². The van der Waals surface area contributed by atoms with Crippen LogP contribution in [0.15, 0.2) is 78.0 Å². The maximum atomic E-state index is 12.3. The number of imidazole rings is 1. The number of rotatable bonds is 7. The van der Waals surface area contributed by atoms with E-state index in [9.17, 15) is 14.9 Å². The number of hydrogen-bond donors (Lipinski definition) is 1. The highest BCUT2D eigenvalue weighted by molar-refractivity contribution is 7.99. The molecule has 0 aliphatic carbocycles. The van der Waals surface area contributed by atoms with Gasteiger partial charge in [-0.2, -0.15) is 0 Å². The highest BCUT2D eigenvalue weighted by Crippen LogP contribution is 2.26. The first-order chi connectivity index (χ1) is 15.0. The third-order valence-electron chi connectivity index (χ3n) is 4.48. The minimum absolute atomic E-state index is 0.0143. The van der Waals surface area contributed by atoms with E-state index >= 15 is 0 Å². The van der Waals surface area contributed by atoms with Crippen molar-refractivity contribution in [2.75, 3.05) is 11.1 Å². The van der Waals surface area contributed by atoms with Crippen LogP contribution in [0.1, 0.15) is 0 Å². The Morgan fingerprint density at radius 3 is 2.52 bits per heavy atom. The first kappa shape index (κ1) is 20.4. The zero-order valence-electron chi connectivity index (χ0n) is 16.5. The standard InChI is InChI=1S/C22H18N4O4S/c1-25-20-12-9-16(26(28)29)13-19(20)24-22(25)31-14-21(27)23-15-7-10-18(11-8-15)30-17-5-3-2-4-6-17/h2-13H,14H2,1H3,(H,23,27). The molecule has 156 valence electrons. The molecule has 3 aromatic carbocycles. The number of carbonyl (C=O) groups is 1. The van der Waals surface area contributed by atoms with Crippen molar-refractivity contribution >= 4 is 40.1 Å². The van der Waals surface area contributed by atoms with Crippen LogP contribution in [0.4, 0.5) is 11.4 Å². The number of nitrogens with one attached hydrogen (secondary N) is 1. The van der Waals surface area contributed by atoms with Crippen molar-refractivity contribution in [1.82, 2.24) is 9.55 Å². The Bertz CT molecular complexity index is 1240. The molecule has 4 rings (SSSR count). The monoisotopic (exact) mass is 434 g/mol. The molecule has 31 heavy (non-hydrogen) atoms. The molecule has 9 heteroatoms. The molecule has 0 fully saturated rings. The van der Waals surface area contributed by atoms with Gasteiger partial charge in [0.25, 0.3) is 5.69 Å². The summed E-state index contributed by atoms with van der Waals surface area (Å²) in [7, 11) is 1.81. The summed E-state index contributed by atoms with van der Waals surface area (Å²) >= 11 is 1.26. The lowest BCUT2D eigenvalue weighted by Gasteiger charge is -2.08. The van der Waals surface area contributed by atoms with Crippen LogP contribution in [0, 0.1) is 10.1 Å². The van der Waals surface area contributed by atoms with E-state index in [0.29, 0.717) is 22.1 Å². The molecule has 0 aliphatic heterocycles. The number of anilines is 1. The van der Waals surface area contributed by atoms with Gasteiger partial charge in [0.2, 0.25) is 5.91 Å². The molecule has 0 saturated carbocycles. The molecule has 1 N–H and O–H groups in total. The van der Waals surface area contributed by atoms with Crippen molar-refractivity contribution in [2.24, 2.45) is 7.05 Å². The van der Waals surface area contributed by atoms with Gasteiger partial charge in [-0.3, -0.25) is 14.9 Å². The summed E-state index contributed by atoms with van der Waals surface area (Å²) in [6.07, 6.45) is 0. The molecular formula is C22H18N4O4S. The molecular weight excluding hydrogens is 416 g/mol. The number of benzene rings is 3. The Morgan fingerprint density at radius 2 is 1.81 bits per heavy atom. The summed E-state index contributed by atoms with van der Waals surface area (Å²) in [5, 5.41) is 14.4. The molecule has 0 saturated heterocycles. The fraction of sp³-hybridized carbons (Fsp3) is 0.0909. The smallest absolute Gasteiger partial charge is 0.271 e. The number of para-hydroxylation sites is 1. The minimum atomic E-state index is -0.454. The number of amides is 1. The van der Waals surface area contributed by atoms with E-state index in [0.717, 1.165) is 11.3 Å². The Kier molecular flexibility index (Phi) is 5.85. The number of aryl methyl sites for hydroxylation is 1. The number of nitrogens with zero attached hydrogens (tertiary/aromatic N) is 3. The lowest BCUT2D eigenvalue weighted by molar-refractivity contribution is -0.384. The van der Waals surface area contributed by atoms with Crippen molar-refractivity contribution in [3.63, 3.8) is 0 Å². The van der Waals surface area contributed by atoms with Gasteiger partial charge >= 0.3 is 0 Å². The molecule has 8 nitrogen and oxygen atoms in total. The van der Waals surface area contributed by atoms with Crippen molar-refractivity contribution in [3.8, 4) is 11.5 Å². The van der Waals surface area contributed by atoms with Crippen LogP contribution in [0.3, 0.4) is 0 Å². The average molecular weight is 434 g/mol. The third kappa shape index (κ3) is 4.84. The van der Waals surface area contributed by atoms with Crippen LogP contribution in [0.2, 0.25) is 0 Å². The van der Waals surface area contributed by atoms with Crippen molar-refractivity contribution in [3.05, 3.63) is 82.9 Å². The number of carbonyl (C=O) groups excluding carboxylic acids is 1. The second kappa shape index (κ2) is 8.88. The van der Waals surface area contributed by atoms with E-state index < -0.39 is 4.92 Å². The van der Waals surface area contributed by atoms with E-state index in [1.54, 1.807) is 30.3 Å². The summed E-state index contributed by atoms with van der Waals surface area (Å²) in [5.41, 5.74) is 1.93. The van der Waals surface area contributed by atoms with Crippen LogP contribution in [-0.4, -0.2) is 26.1 Å². The number of aromatic nitrogens is 2. The zero-order valence-corrected chi connectivity index (χ0v) is 17.3. The molecule has 1 heterocycles. The molecule has 1 aromatic heterocycles. The number of nitro benzene ring substituents is 1. The van der Waals surface area contributed by atoms with E-state index in [4.69, 9.17) is 4.74 Å². The van der Waals surface area contributed by atoms with Gasteiger partial charge in [-0.05, 0) is 42.5 Å². The fourth-order valence-electron chi connectivity index (χ4n) is 2.97. The Balaban J connectivity index is 1.36. The number of fused-ring (bicyclic) bond motifs is 1. The molecule has 0 radical (unpaired) electrons. The first-order valence-electron chi connectivity index (χ1n) is 9.36. The predicted molar refractivity (Wildman–Crippen MR) is 120 cm³/mol. The zero-order chi connectivity index (χ0) is 21.8. The Labute approximate surface area is 182 Å². The van der Waals surface area contributed by atoms with Crippen molar-refractivity contribution < 1.29 is 14.5 Å². The molecule has 0 atom stereocenters. The predicted octanol–water partition coefficient (Wildman–Crippen LogP) is 5.00. The largest absolute Gasteiger partial charge is 0.457 e. The van der Waals surface area contributed by atoms with Crippen LogP contribution in [0.5, 0.6) is 11.5 Å². The molecule has 1 amide bonds. The SMILES string of the molecule is Cn1c(SCC(=O)Nc2ccc(Oc3ccccc3)cc2)nc2cc([N+](=O)[O-])ccc21. The van der Waals surface area contributed by atoms with Crippen LogP contribution < -0.4 is 10.1 Å². The van der Waals surface area contributed by atoms with Gasteiger partial charge in [-0.15, -0.1) is 0 Å². The van der Waals surface area contributed by atoms with E-state index in [1.165, 1.54) is 23.9 Å². The molecule has 0 spiro atoms. The van der Waals surface area contributed by atoms with Crippen LogP contribution in [-0.2, 0) is 11.8 Å². The van der Waals surface area contributed by atoms with Crippen LogP contribution >= 0.6 is 11.8 Å². The summed E-state index contributed by atoms with van der Waals surface area (Å²) in [6.45, 7) is 0. The minimum Gasteiger partial charge on any atom is -0.457 e. The second-order valence-corrected chi connectivity index (χ2v) is 7.60. The lowest BCUT2D eigenvalue weighted by atomic mass is 10.3. The average Bonchev–Trinajstić information content (AvgIpc) is 3.09. The summed E-state index contributed by atoms with van der Waals surface area (Å²) < 4.78 is 7.55. The van der Waals surface area contributed by atoms with E-state index in [-0.39, 0.29) is 17.3 Å². The number of ether oxygens (including phenoxy) is 1. The first-order valence-corrected chi connectivity index (χ1v) is 10.3. The van der Waals surface area contributed by atoms with Gasteiger partial charge in [0.1, 0.15) is 11.5 Å². The topological polar surface area (TPSA) is 99.3 Å². The van der Waals surface area contributed by atoms with Gasteiger partial charge in [0, 0.05) is 24.9 Å². The maximum absolute atomic E-state index is 12.3. The molecule has 0 unspecified atom stereocenters. The Morgan fingerprint density at radius 1 is 1.10 bits per heavy atom. The summed E-state index contributed by atoms with van der Waals surface area (Å²) in [4.78, 5) is 27.2. The lowest BCUT2D eigenvalue weighted by Crippen LogP contribution is -2.14. The van der Waals surface area contributed by atoms with Crippen LogP contribution in [0.25, 0.3) is 11.0 Å². The fourth-order valence-corrected chi connectivity index (χ4v) is 3.75.